The fourth-order valence-electron chi connectivity index (χ4n) is 2.43. The van der Waals surface area contributed by atoms with E-state index in [0.29, 0.717) is 19.6 Å². The molecule has 3 nitrogen and oxygen atoms in total. The summed E-state index contributed by atoms with van der Waals surface area (Å²) in [6, 6.07) is 0. The van der Waals surface area contributed by atoms with Crippen molar-refractivity contribution in [2.24, 2.45) is 0 Å². The second-order valence-corrected chi connectivity index (χ2v) is 6.32. The molecule has 0 aliphatic heterocycles. The van der Waals surface area contributed by atoms with E-state index in [-0.39, 0.29) is 5.97 Å². The van der Waals surface area contributed by atoms with Crippen LogP contribution < -0.4 is 0 Å². The first-order chi connectivity index (χ1) is 12.2. The van der Waals surface area contributed by atoms with Crippen molar-refractivity contribution in [2.45, 2.75) is 96.8 Å². The number of hydrogen-bond donors (Lipinski definition) is 1. The molecule has 0 aromatic rings. The van der Waals surface area contributed by atoms with Crippen LogP contribution in [0, 0.1) is 0 Å². The van der Waals surface area contributed by atoms with Crippen molar-refractivity contribution in [1.29, 1.82) is 0 Å². The van der Waals surface area contributed by atoms with Gasteiger partial charge in [-0.1, -0.05) is 57.1 Å². The molecule has 0 rings (SSSR count). The number of unbranched alkanes of at least 4 members (excludes halogenated alkanes) is 11. The molecule has 0 aliphatic carbocycles. The highest BCUT2D eigenvalue weighted by Crippen LogP contribution is 2.08. The smallest absolute Gasteiger partial charge is 0.305 e. The zero-order valence-corrected chi connectivity index (χ0v) is 16.6. The molecule has 0 spiro atoms. The number of aliphatic hydroxyl groups excluding tert-OH is 1. The summed E-state index contributed by atoms with van der Waals surface area (Å²) in [5.74, 6) is -0.0569. The molecule has 3 heteroatoms. The maximum atomic E-state index is 10.9. The lowest BCUT2D eigenvalue weighted by atomic mass is 10.1. The van der Waals surface area contributed by atoms with E-state index in [1.165, 1.54) is 51.4 Å². The summed E-state index contributed by atoms with van der Waals surface area (Å²) in [7, 11) is 0. The van der Waals surface area contributed by atoms with E-state index in [4.69, 9.17) is 9.84 Å². The molecular weight excluding hydrogens is 312 g/mol. The van der Waals surface area contributed by atoms with Gasteiger partial charge in [-0.3, -0.25) is 4.79 Å². The number of carbonyl (C=O) groups is 1. The van der Waals surface area contributed by atoms with Gasteiger partial charge in [0.1, 0.15) is 0 Å². The van der Waals surface area contributed by atoms with E-state index in [9.17, 15) is 4.79 Å². The summed E-state index contributed by atoms with van der Waals surface area (Å²) in [6.07, 6.45) is 19.9. The van der Waals surface area contributed by atoms with Crippen LogP contribution >= 0.6 is 0 Å². The van der Waals surface area contributed by atoms with E-state index in [2.05, 4.69) is 13.2 Å². The van der Waals surface area contributed by atoms with Gasteiger partial charge in [-0.15, -0.1) is 13.2 Å². The van der Waals surface area contributed by atoms with Gasteiger partial charge in [-0.25, -0.2) is 0 Å². The number of aliphatic hydroxyl groups is 1. The molecule has 0 aromatic carbocycles. The van der Waals surface area contributed by atoms with Crippen molar-refractivity contribution in [3.8, 4) is 0 Å². The molecule has 0 unspecified atom stereocenters. The summed E-state index contributed by atoms with van der Waals surface area (Å²) < 4.78 is 4.83. The highest BCUT2D eigenvalue weighted by Gasteiger charge is 1.99. The Morgan fingerprint density at radius 3 is 1.68 bits per heavy atom. The maximum absolute atomic E-state index is 10.9. The van der Waals surface area contributed by atoms with Gasteiger partial charge in [0.2, 0.25) is 0 Å². The lowest BCUT2D eigenvalue weighted by molar-refractivity contribution is -0.143. The van der Waals surface area contributed by atoms with Crippen LogP contribution in [-0.2, 0) is 9.53 Å². The summed E-state index contributed by atoms with van der Waals surface area (Å²) in [5, 5.41) is 8.49. The minimum atomic E-state index is -0.0569. The summed E-state index contributed by atoms with van der Waals surface area (Å²) in [4.78, 5) is 10.9. The van der Waals surface area contributed by atoms with Crippen LogP contribution in [0.5, 0.6) is 0 Å². The van der Waals surface area contributed by atoms with Crippen LogP contribution in [0.3, 0.4) is 0 Å². The summed E-state index contributed by atoms with van der Waals surface area (Å²) in [6.45, 7) is 10.0. The van der Waals surface area contributed by atoms with Gasteiger partial charge < -0.3 is 9.84 Å². The molecule has 0 bridgehead atoms. The Bertz CT molecular complexity index is 287. The molecule has 148 valence electrons. The highest BCUT2D eigenvalue weighted by molar-refractivity contribution is 5.69. The highest BCUT2D eigenvalue weighted by atomic mass is 16.5. The molecule has 0 aliphatic rings. The number of ether oxygens (including phenoxy) is 1. The van der Waals surface area contributed by atoms with Crippen molar-refractivity contribution in [2.75, 3.05) is 13.2 Å². The SMILES string of the molecule is C=CCCCCCCCC(=O)OCC.C=CCCCCCCCCO. The van der Waals surface area contributed by atoms with Crippen molar-refractivity contribution in [1.82, 2.24) is 0 Å². The van der Waals surface area contributed by atoms with Gasteiger partial charge in [0.25, 0.3) is 0 Å². The first-order valence-electron chi connectivity index (χ1n) is 10.2. The molecule has 0 saturated carbocycles. The van der Waals surface area contributed by atoms with Gasteiger partial charge in [0.05, 0.1) is 6.61 Å². The molecule has 0 radical (unpaired) electrons. The van der Waals surface area contributed by atoms with E-state index in [1.807, 2.05) is 19.1 Å². The maximum Gasteiger partial charge on any atom is 0.305 e. The second kappa shape index (κ2) is 25.2. The molecule has 0 saturated heterocycles. The zero-order valence-electron chi connectivity index (χ0n) is 16.6. The lowest BCUT2D eigenvalue weighted by Gasteiger charge is -2.01. The molecule has 1 N–H and O–H groups in total. The number of rotatable bonds is 17. The molecule has 0 heterocycles. The van der Waals surface area contributed by atoms with E-state index >= 15 is 0 Å². The first kappa shape index (κ1) is 26.1. The van der Waals surface area contributed by atoms with E-state index in [1.54, 1.807) is 0 Å². The number of allylic oxidation sites excluding steroid dienone is 2. The molecule has 0 fully saturated rings. The van der Waals surface area contributed by atoms with Crippen LogP contribution in [0.1, 0.15) is 96.8 Å². The Hall–Kier alpha value is -1.09. The van der Waals surface area contributed by atoms with Crippen molar-refractivity contribution < 1.29 is 14.6 Å². The van der Waals surface area contributed by atoms with Gasteiger partial charge in [-0.2, -0.15) is 0 Å². The molecule has 0 amide bonds. The number of carbonyl (C=O) groups excluding carboxylic acids is 1. The Labute approximate surface area is 156 Å². The molecule has 0 aromatic heterocycles. The van der Waals surface area contributed by atoms with Gasteiger partial charge in [0, 0.05) is 13.0 Å². The largest absolute Gasteiger partial charge is 0.466 e. The van der Waals surface area contributed by atoms with Crippen LogP contribution in [0.25, 0.3) is 0 Å². The summed E-state index contributed by atoms with van der Waals surface area (Å²) in [5.41, 5.74) is 0. The quantitative estimate of drug-likeness (QED) is 0.188. The topological polar surface area (TPSA) is 46.5 Å². The molecule has 25 heavy (non-hydrogen) atoms. The Morgan fingerprint density at radius 2 is 1.24 bits per heavy atom. The van der Waals surface area contributed by atoms with Crippen LogP contribution in [0.15, 0.2) is 25.3 Å². The third kappa shape index (κ3) is 28.0. The fourth-order valence-corrected chi connectivity index (χ4v) is 2.43. The number of hydrogen-bond acceptors (Lipinski definition) is 3. The Balaban J connectivity index is 0. The average molecular weight is 355 g/mol. The van der Waals surface area contributed by atoms with Gasteiger partial charge in [-0.05, 0) is 45.4 Å². The van der Waals surface area contributed by atoms with E-state index in [0.717, 1.165) is 32.1 Å². The molecular formula is C22H42O3. The minimum absolute atomic E-state index is 0.0569. The average Bonchev–Trinajstić information content (AvgIpc) is 2.61. The van der Waals surface area contributed by atoms with Crippen LogP contribution in [0.2, 0.25) is 0 Å². The standard InChI is InChI=1S/C12H22O2.C10H20O/c1-3-5-6-7-8-9-10-11-12(13)14-4-2;1-2-3-4-5-6-7-8-9-10-11/h3H,1,4-11H2,2H3;2,11H,1,3-10H2. The minimum Gasteiger partial charge on any atom is -0.466 e. The third-order valence-electron chi connectivity index (χ3n) is 3.91. The molecule has 0 atom stereocenters. The monoisotopic (exact) mass is 354 g/mol. The predicted octanol–water partition coefficient (Wildman–Crippen LogP) is 6.36. The van der Waals surface area contributed by atoms with Gasteiger partial charge in [0.15, 0.2) is 0 Å². The Morgan fingerprint density at radius 1 is 0.800 bits per heavy atom. The summed E-state index contributed by atoms with van der Waals surface area (Å²) >= 11 is 0. The first-order valence-corrected chi connectivity index (χ1v) is 10.2. The van der Waals surface area contributed by atoms with Gasteiger partial charge >= 0.3 is 5.97 Å². The van der Waals surface area contributed by atoms with Crippen molar-refractivity contribution in [3.05, 3.63) is 25.3 Å². The fraction of sp³-hybridized carbons (Fsp3) is 0.773. The van der Waals surface area contributed by atoms with Crippen LogP contribution in [-0.4, -0.2) is 24.3 Å². The predicted molar refractivity (Wildman–Crippen MR) is 109 cm³/mol. The lowest BCUT2D eigenvalue weighted by Crippen LogP contribution is -2.03. The van der Waals surface area contributed by atoms with Crippen molar-refractivity contribution in [3.63, 3.8) is 0 Å². The van der Waals surface area contributed by atoms with E-state index < -0.39 is 0 Å². The van der Waals surface area contributed by atoms with Crippen molar-refractivity contribution >= 4 is 5.97 Å². The second-order valence-electron chi connectivity index (χ2n) is 6.32. The Kier molecular flexibility index (Phi) is 26.3. The normalized spacial score (nSPS) is 9.84. The third-order valence-corrected chi connectivity index (χ3v) is 3.91. The van der Waals surface area contributed by atoms with Crippen LogP contribution in [0.4, 0.5) is 0 Å². The number of esters is 1. The zero-order chi connectivity index (χ0) is 19.0.